The number of hydroxylamine groups is 1. The standard InChI is InChI=1S/C14H16N2O3S2/c1-2-13(17)19-15-14(18)16(9-11-5-3-7-20-11)10-12-6-4-8-21-12/h3-8H,2,9-10H2,1H3,(H,15,18). The molecule has 21 heavy (non-hydrogen) atoms. The summed E-state index contributed by atoms with van der Waals surface area (Å²) in [6, 6.07) is 7.41. The van der Waals surface area contributed by atoms with Crippen LogP contribution in [0.4, 0.5) is 4.79 Å². The number of thiophene rings is 2. The van der Waals surface area contributed by atoms with Crippen molar-refractivity contribution < 1.29 is 14.4 Å². The average molecular weight is 324 g/mol. The summed E-state index contributed by atoms with van der Waals surface area (Å²) in [7, 11) is 0. The zero-order valence-electron chi connectivity index (χ0n) is 11.6. The third kappa shape index (κ3) is 4.87. The number of nitrogens with one attached hydrogen (secondary N) is 1. The van der Waals surface area contributed by atoms with Gasteiger partial charge in [0, 0.05) is 16.2 Å². The van der Waals surface area contributed by atoms with Crippen molar-refractivity contribution in [2.24, 2.45) is 0 Å². The van der Waals surface area contributed by atoms with Crippen molar-refractivity contribution in [3.8, 4) is 0 Å². The van der Waals surface area contributed by atoms with Gasteiger partial charge < -0.3 is 9.74 Å². The van der Waals surface area contributed by atoms with Crippen LogP contribution in [0.3, 0.4) is 0 Å². The normalized spacial score (nSPS) is 10.1. The van der Waals surface area contributed by atoms with E-state index in [0.717, 1.165) is 9.75 Å². The van der Waals surface area contributed by atoms with Crippen molar-refractivity contribution in [2.75, 3.05) is 0 Å². The van der Waals surface area contributed by atoms with Crippen LogP contribution in [0.2, 0.25) is 0 Å². The second-order valence-corrected chi connectivity index (χ2v) is 6.31. The van der Waals surface area contributed by atoms with Gasteiger partial charge in [-0.15, -0.1) is 22.7 Å². The van der Waals surface area contributed by atoms with Crippen molar-refractivity contribution in [1.82, 2.24) is 10.4 Å². The summed E-state index contributed by atoms with van der Waals surface area (Å²) >= 11 is 3.17. The van der Waals surface area contributed by atoms with Gasteiger partial charge in [-0.05, 0) is 22.9 Å². The molecule has 2 heterocycles. The first-order chi connectivity index (χ1) is 10.2. The second kappa shape index (κ2) is 7.80. The molecule has 0 aliphatic heterocycles. The molecule has 2 aromatic heterocycles. The molecule has 0 aliphatic carbocycles. The number of nitrogens with zero attached hydrogens (tertiary/aromatic N) is 1. The Kier molecular flexibility index (Phi) is 5.77. The fraction of sp³-hybridized carbons (Fsp3) is 0.286. The summed E-state index contributed by atoms with van der Waals surface area (Å²) in [6.07, 6.45) is 0.218. The van der Waals surface area contributed by atoms with Gasteiger partial charge in [0.15, 0.2) is 0 Å². The monoisotopic (exact) mass is 324 g/mol. The molecular weight excluding hydrogens is 308 g/mol. The van der Waals surface area contributed by atoms with Gasteiger partial charge in [0.25, 0.3) is 0 Å². The van der Waals surface area contributed by atoms with E-state index in [1.54, 1.807) is 34.5 Å². The lowest BCUT2D eigenvalue weighted by molar-refractivity contribution is -0.148. The Hall–Kier alpha value is -1.86. The smallest absolute Gasteiger partial charge is 0.339 e. The Bertz CT molecular complexity index is 531. The van der Waals surface area contributed by atoms with Crippen LogP contribution in [-0.4, -0.2) is 16.9 Å². The minimum Gasteiger partial charge on any atom is -0.339 e. The van der Waals surface area contributed by atoms with Crippen LogP contribution in [0.5, 0.6) is 0 Å². The van der Waals surface area contributed by atoms with Gasteiger partial charge in [-0.25, -0.2) is 9.59 Å². The molecule has 0 spiro atoms. The fourth-order valence-corrected chi connectivity index (χ4v) is 3.06. The second-order valence-electron chi connectivity index (χ2n) is 4.25. The van der Waals surface area contributed by atoms with E-state index in [-0.39, 0.29) is 6.42 Å². The molecule has 112 valence electrons. The summed E-state index contributed by atoms with van der Waals surface area (Å²) in [5.74, 6) is -0.462. The zero-order chi connectivity index (χ0) is 15.1. The Balaban J connectivity index is 2.00. The molecule has 0 aliphatic rings. The number of carbonyl (C=O) groups is 2. The number of rotatable bonds is 5. The van der Waals surface area contributed by atoms with E-state index in [9.17, 15) is 9.59 Å². The summed E-state index contributed by atoms with van der Waals surface area (Å²) in [6.45, 7) is 2.62. The molecule has 5 nitrogen and oxygen atoms in total. The lowest BCUT2D eigenvalue weighted by Gasteiger charge is -2.21. The van der Waals surface area contributed by atoms with E-state index in [4.69, 9.17) is 4.84 Å². The third-order valence-electron chi connectivity index (χ3n) is 2.68. The Labute approximate surface area is 131 Å². The molecule has 0 saturated carbocycles. The van der Waals surface area contributed by atoms with E-state index < -0.39 is 12.0 Å². The fourth-order valence-electron chi connectivity index (χ4n) is 1.62. The number of hydrogen-bond acceptors (Lipinski definition) is 5. The van der Waals surface area contributed by atoms with E-state index in [2.05, 4.69) is 5.48 Å². The van der Waals surface area contributed by atoms with Gasteiger partial charge in [0.05, 0.1) is 13.1 Å². The quantitative estimate of drug-likeness (QED) is 0.858. The Morgan fingerprint density at radius 1 is 1.14 bits per heavy atom. The topological polar surface area (TPSA) is 58.6 Å². The number of urea groups is 1. The number of amides is 2. The van der Waals surface area contributed by atoms with Crippen molar-refractivity contribution in [3.63, 3.8) is 0 Å². The van der Waals surface area contributed by atoms with Gasteiger partial charge in [-0.3, -0.25) is 0 Å². The molecular formula is C14H16N2O3S2. The Morgan fingerprint density at radius 3 is 2.14 bits per heavy atom. The van der Waals surface area contributed by atoms with Gasteiger partial charge in [0.2, 0.25) is 0 Å². The SMILES string of the molecule is CCC(=O)ONC(=O)N(Cc1cccs1)Cc1cccs1. The maximum atomic E-state index is 12.2. The lowest BCUT2D eigenvalue weighted by Crippen LogP contribution is -2.39. The number of carbonyl (C=O) groups excluding carboxylic acids is 2. The molecule has 0 saturated heterocycles. The molecule has 0 radical (unpaired) electrons. The summed E-state index contributed by atoms with van der Waals surface area (Å²) < 4.78 is 0. The summed E-state index contributed by atoms with van der Waals surface area (Å²) in [4.78, 5) is 31.7. The predicted molar refractivity (Wildman–Crippen MR) is 82.8 cm³/mol. The molecule has 0 atom stereocenters. The van der Waals surface area contributed by atoms with Crippen LogP contribution < -0.4 is 5.48 Å². The third-order valence-corrected chi connectivity index (χ3v) is 4.40. The molecule has 0 bridgehead atoms. The van der Waals surface area contributed by atoms with Crippen LogP contribution in [0.25, 0.3) is 0 Å². The molecule has 1 N–H and O–H groups in total. The highest BCUT2D eigenvalue weighted by atomic mass is 32.1. The van der Waals surface area contributed by atoms with Gasteiger partial charge >= 0.3 is 12.0 Å². The zero-order valence-corrected chi connectivity index (χ0v) is 13.2. The average Bonchev–Trinajstić information content (AvgIpc) is 3.17. The van der Waals surface area contributed by atoms with E-state index in [1.807, 2.05) is 35.0 Å². The molecule has 2 aromatic rings. The largest absolute Gasteiger partial charge is 0.351 e. The van der Waals surface area contributed by atoms with Gasteiger partial charge in [-0.1, -0.05) is 19.1 Å². The minimum atomic E-state index is -0.462. The van der Waals surface area contributed by atoms with E-state index >= 15 is 0 Å². The highest BCUT2D eigenvalue weighted by Crippen LogP contribution is 2.17. The van der Waals surface area contributed by atoms with Crippen LogP contribution in [-0.2, 0) is 22.7 Å². The highest BCUT2D eigenvalue weighted by Gasteiger charge is 2.17. The van der Waals surface area contributed by atoms with Crippen molar-refractivity contribution in [2.45, 2.75) is 26.4 Å². The van der Waals surface area contributed by atoms with Gasteiger partial charge in [0.1, 0.15) is 0 Å². The predicted octanol–water partition coefficient (Wildman–Crippen LogP) is 3.39. The first-order valence-electron chi connectivity index (χ1n) is 6.48. The molecule has 0 aromatic carbocycles. The Morgan fingerprint density at radius 2 is 1.71 bits per heavy atom. The van der Waals surface area contributed by atoms with E-state index in [0.29, 0.717) is 13.1 Å². The van der Waals surface area contributed by atoms with Crippen LogP contribution >= 0.6 is 22.7 Å². The van der Waals surface area contributed by atoms with Crippen molar-refractivity contribution in [1.29, 1.82) is 0 Å². The molecule has 2 amide bonds. The lowest BCUT2D eigenvalue weighted by atomic mass is 10.4. The summed E-state index contributed by atoms with van der Waals surface area (Å²) in [5.41, 5.74) is 2.21. The van der Waals surface area contributed by atoms with E-state index in [1.165, 1.54) is 0 Å². The number of hydrogen-bond donors (Lipinski definition) is 1. The maximum Gasteiger partial charge on any atom is 0.351 e. The minimum absolute atomic E-state index is 0.218. The van der Waals surface area contributed by atoms with Crippen molar-refractivity contribution in [3.05, 3.63) is 44.8 Å². The maximum absolute atomic E-state index is 12.2. The molecule has 0 unspecified atom stereocenters. The highest BCUT2D eigenvalue weighted by molar-refractivity contribution is 7.10. The van der Waals surface area contributed by atoms with Gasteiger partial charge in [-0.2, -0.15) is 5.48 Å². The first-order valence-corrected chi connectivity index (χ1v) is 8.24. The molecule has 7 heteroatoms. The van der Waals surface area contributed by atoms with Crippen LogP contribution in [0.1, 0.15) is 23.1 Å². The van der Waals surface area contributed by atoms with Crippen LogP contribution in [0.15, 0.2) is 35.0 Å². The molecule has 2 rings (SSSR count). The molecule has 0 fully saturated rings. The summed E-state index contributed by atoms with van der Waals surface area (Å²) in [5, 5.41) is 3.93. The van der Waals surface area contributed by atoms with Crippen LogP contribution in [0, 0.1) is 0 Å². The van der Waals surface area contributed by atoms with Crippen molar-refractivity contribution >= 4 is 34.7 Å². The first kappa shape index (κ1) is 15.5.